The molecule has 0 unspecified atom stereocenters. The van der Waals surface area contributed by atoms with Gasteiger partial charge in [-0.3, -0.25) is 4.79 Å². The fourth-order valence-corrected chi connectivity index (χ4v) is 3.71. The smallest absolute Gasteiger partial charge is 0.225 e. The lowest BCUT2D eigenvalue weighted by molar-refractivity contribution is -0.115. The van der Waals surface area contributed by atoms with Crippen molar-refractivity contribution < 1.29 is 4.79 Å². The number of nitrogens with two attached hydrogens (primary N) is 1. The van der Waals surface area contributed by atoms with E-state index in [1.54, 1.807) is 6.07 Å². The Balaban J connectivity index is 1.87. The van der Waals surface area contributed by atoms with Crippen LogP contribution in [0.3, 0.4) is 0 Å². The number of benzene rings is 1. The minimum absolute atomic E-state index is 0.167. The van der Waals surface area contributed by atoms with Gasteiger partial charge in [-0.05, 0) is 30.6 Å². The van der Waals surface area contributed by atoms with Crippen molar-refractivity contribution in [2.75, 3.05) is 16.8 Å². The summed E-state index contributed by atoms with van der Waals surface area (Å²) in [5, 5.41) is 3.45. The maximum absolute atomic E-state index is 11.9. The zero-order valence-corrected chi connectivity index (χ0v) is 14.2. The van der Waals surface area contributed by atoms with Crippen molar-refractivity contribution in [2.24, 2.45) is 0 Å². The Morgan fingerprint density at radius 1 is 1.48 bits per heavy atom. The molecule has 5 nitrogen and oxygen atoms in total. The topological polar surface area (TPSA) is 80.9 Å². The Bertz CT molecular complexity index is 639. The minimum Gasteiger partial charge on any atom is -0.397 e. The molecule has 9 heteroatoms. The number of aryl methyl sites for hydroxylation is 1. The van der Waals surface area contributed by atoms with Crippen molar-refractivity contribution in [3.63, 3.8) is 0 Å². The molecule has 1 heterocycles. The largest absolute Gasteiger partial charge is 0.397 e. The Morgan fingerprint density at radius 3 is 2.86 bits per heavy atom. The molecule has 112 valence electrons. The number of anilines is 2. The summed E-state index contributed by atoms with van der Waals surface area (Å²) in [5.74, 6) is 1.18. The molecule has 0 atom stereocenters. The Hall–Kier alpha value is -1.02. The van der Waals surface area contributed by atoms with Gasteiger partial charge < -0.3 is 11.1 Å². The van der Waals surface area contributed by atoms with Crippen LogP contribution in [0.5, 0.6) is 0 Å². The number of aromatic nitrogens is 2. The number of carbonyl (C=O) groups excluding carboxylic acids is 1. The molecule has 0 bridgehead atoms. The molecule has 0 radical (unpaired) electrons. The van der Waals surface area contributed by atoms with E-state index in [1.807, 2.05) is 6.92 Å². The molecule has 0 fully saturated rings. The molecule has 21 heavy (non-hydrogen) atoms. The fraction of sp³-hybridized carbons (Fsp3) is 0.250. The third-order valence-corrected chi connectivity index (χ3v) is 4.86. The summed E-state index contributed by atoms with van der Waals surface area (Å²) in [7, 11) is 0. The highest BCUT2D eigenvalue weighted by Crippen LogP contribution is 2.32. The molecule has 0 spiro atoms. The number of nitrogens with one attached hydrogen (secondary N) is 1. The maximum Gasteiger partial charge on any atom is 0.225 e. The molecular weight excluding hydrogens is 351 g/mol. The van der Waals surface area contributed by atoms with Crippen LogP contribution < -0.4 is 11.1 Å². The van der Waals surface area contributed by atoms with Crippen LogP contribution in [-0.4, -0.2) is 21.0 Å². The van der Waals surface area contributed by atoms with Gasteiger partial charge in [-0.1, -0.05) is 35.0 Å². The van der Waals surface area contributed by atoms with Crippen LogP contribution in [-0.2, 0) is 4.79 Å². The molecule has 0 aliphatic carbocycles. The van der Waals surface area contributed by atoms with Gasteiger partial charge in [-0.25, -0.2) is 4.98 Å². The van der Waals surface area contributed by atoms with E-state index in [2.05, 4.69) is 14.7 Å². The lowest BCUT2D eigenvalue weighted by Gasteiger charge is -2.10. The first-order chi connectivity index (χ1) is 9.95. The highest BCUT2D eigenvalue weighted by atomic mass is 35.5. The van der Waals surface area contributed by atoms with Gasteiger partial charge in [0, 0.05) is 17.2 Å². The molecule has 1 amide bonds. The van der Waals surface area contributed by atoms with E-state index in [0.29, 0.717) is 33.6 Å². The van der Waals surface area contributed by atoms with Gasteiger partial charge in [-0.2, -0.15) is 4.37 Å². The molecule has 2 rings (SSSR count). The highest BCUT2D eigenvalue weighted by molar-refractivity contribution is 8.00. The number of halogens is 2. The number of rotatable bonds is 5. The first-order valence-electron chi connectivity index (χ1n) is 5.93. The van der Waals surface area contributed by atoms with Gasteiger partial charge in [0.05, 0.1) is 16.4 Å². The Morgan fingerprint density at radius 2 is 2.24 bits per heavy atom. The van der Waals surface area contributed by atoms with E-state index in [0.717, 1.165) is 10.2 Å². The second kappa shape index (κ2) is 7.31. The van der Waals surface area contributed by atoms with Crippen LogP contribution >= 0.6 is 46.5 Å². The first-order valence-corrected chi connectivity index (χ1v) is 8.44. The highest BCUT2D eigenvalue weighted by Gasteiger charge is 2.11. The molecule has 0 aliphatic rings. The SMILES string of the molecule is Cc1nsc(SCCC(=O)Nc2c(N)cc(Cl)cc2Cl)n1. The molecule has 0 aliphatic heterocycles. The molecule has 1 aromatic carbocycles. The van der Waals surface area contributed by atoms with E-state index in [1.165, 1.54) is 29.4 Å². The Labute approximate surface area is 140 Å². The number of nitrogens with zero attached hydrogens (tertiary/aromatic N) is 2. The second-order valence-electron chi connectivity index (χ2n) is 4.11. The van der Waals surface area contributed by atoms with Crippen LogP contribution in [0.4, 0.5) is 11.4 Å². The van der Waals surface area contributed by atoms with Crippen molar-refractivity contribution in [3.05, 3.63) is 28.0 Å². The summed E-state index contributed by atoms with van der Waals surface area (Å²) in [4.78, 5) is 16.1. The van der Waals surface area contributed by atoms with E-state index < -0.39 is 0 Å². The number of amides is 1. The summed E-state index contributed by atoms with van der Waals surface area (Å²) >= 11 is 14.6. The van der Waals surface area contributed by atoms with E-state index >= 15 is 0 Å². The third-order valence-electron chi connectivity index (χ3n) is 2.41. The maximum atomic E-state index is 11.9. The van der Waals surface area contributed by atoms with E-state index in [9.17, 15) is 4.79 Å². The number of hydrogen-bond donors (Lipinski definition) is 2. The quantitative estimate of drug-likeness (QED) is 0.623. The summed E-state index contributed by atoms with van der Waals surface area (Å²) < 4.78 is 4.93. The number of thioether (sulfide) groups is 1. The van der Waals surface area contributed by atoms with Crippen molar-refractivity contribution in [1.82, 2.24) is 9.36 Å². The van der Waals surface area contributed by atoms with Crippen molar-refractivity contribution >= 4 is 63.8 Å². The molecule has 0 saturated carbocycles. The van der Waals surface area contributed by atoms with Crippen LogP contribution in [0, 0.1) is 6.92 Å². The summed E-state index contributed by atoms with van der Waals surface area (Å²) in [6, 6.07) is 3.08. The van der Waals surface area contributed by atoms with Crippen LogP contribution in [0.15, 0.2) is 16.5 Å². The summed E-state index contributed by atoms with van der Waals surface area (Å²) in [6.45, 7) is 1.83. The molecule has 2 aromatic rings. The van der Waals surface area contributed by atoms with E-state index in [-0.39, 0.29) is 5.91 Å². The molecule has 3 N–H and O–H groups in total. The minimum atomic E-state index is -0.167. The average molecular weight is 363 g/mol. The lowest BCUT2D eigenvalue weighted by atomic mass is 10.2. The predicted molar refractivity (Wildman–Crippen MR) is 89.5 cm³/mol. The standard InChI is InChI=1S/C12H12Cl2N4OS2/c1-6-16-12(21-18-6)20-3-2-10(19)17-11-8(14)4-7(13)5-9(11)15/h4-5H,2-3,15H2,1H3,(H,17,19). The van der Waals surface area contributed by atoms with Gasteiger partial charge in [0.2, 0.25) is 5.91 Å². The summed E-state index contributed by atoms with van der Waals surface area (Å²) in [6.07, 6.45) is 0.321. The zero-order valence-electron chi connectivity index (χ0n) is 11.0. The normalized spacial score (nSPS) is 10.6. The molecular formula is C12H12Cl2N4OS2. The first kappa shape index (κ1) is 16.4. The van der Waals surface area contributed by atoms with Crippen molar-refractivity contribution in [2.45, 2.75) is 17.7 Å². The lowest BCUT2D eigenvalue weighted by Crippen LogP contribution is -2.14. The van der Waals surface area contributed by atoms with E-state index in [4.69, 9.17) is 28.9 Å². The second-order valence-corrected chi connectivity index (χ2v) is 7.04. The molecule has 1 aromatic heterocycles. The number of hydrogen-bond acceptors (Lipinski definition) is 6. The van der Waals surface area contributed by atoms with Gasteiger partial charge in [0.1, 0.15) is 5.82 Å². The van der Waals surface area contributed by atoms with Crippen LogP contribution in [0.25, 0.3) is 0 Å². The van der Waals surface area contributed by atoms with Crippen LogP contribution in [0.1, 0.15) is 12.2 Å². The number of nitrogen functional groups attached to an aromatic ring is 1. The Kier molecular flexibility index (Phi) is 5.69. The zero-order chi connectivity index (χ0) is 15.4. The summed E-state index contributed by atoms with van der Waals surface area (Å²) in [5.41, 5.74) is 6.52. The number of carbonyl (C=O) groups is 1. The van der Waals surface area contributed by atoms with Crippen LogP contribution in [0.2, 0.25) is 10.0 Å². The molecule has 0 saturated heterocycles. The van der Waals surface area contributed by atoms with Crippen molar-refractivity contribution in [3.8, 4) is 0 Å². The van der Waals surface area contributed by atoms with Gasteiger partial charge >= 0.3 is 0 Å². The van der Waals surface area contributed by atoms with Crippen molar-refractivity contribution in [1.29, 1.82) is 0 Å². The van der Waals surface area contributed by atoms with Gasteiger partial charge in [-0.15, -0.1) is 0 Å². The average Bonchev–Trinajstić information content (AvgIpc) is 2.79. The van der Waals surface area contributed by atoms with Gasteiger partial charge in [0.25, 0.3) is 0 Å². The third kappa shape index (κ3) is 4.74. The fourth-order valence-electron chi connectivity index (χ4n) is 1.50. The van der Waals surface area contributed by atoms with Gasteiger partial charge in [0.15, 0.2) is 4.34 Å². The predicted octanol–water partition coefficient (Wildman–Crippen LogP) is 3.86. The monoisotopic (exact) mass is 362 g/mol.